The van der Waals surface area contributed by atoms with Crippen LogP contribution >= 0.6 is 0 Å². The van der Waals surface area contributed by atoms with Gasteiger partial charge in [0.15, 0.2) is 0 Å². The smallest absolute Gasteiger partial charge is 0.342 e. The van der Waals surface area contributed by atoms with Crippen molar-refractivity contribution in [2.24, 2.45) is 0 Å². The highest BCUT2D eigenvalue weighted by atomic mass is 32.2. The standard InChI is InChI=1S/C20H26O4S/c1-14(2)15-7-12-18(23-6)19(13-15)25(21,22)24-17-10-8-16(9-11-17)20(3,4)5/h7-14H,1-6H3. The van der Waals surface area contributed by atoms with Crippen LogP contribution in [0.1, 0.15) is 51.7 Å². The molecule has 0 saturated carbocycles. The maximum atomic E-state index is 12.7. The summed E-state index contributed by atoms with van der Waals surface area (Å²) in [6.45, 7) is 10.3. The third-order valence-electron chi connectivity index (χ3n) is 4.05. The molecule has 136 valence electrons. The summed E-state index contributed by atoms with van der Waals surface area (Å²) < 4.78 is 36.0. The van der Waals surface area contributed by atoms with Gasteiger partial charge in [-0.15, -0.1) is 0 Å². The average Bonchev–Trinajstić information content (AvgIpc) is 2.53. The summed E-state index contributed by atoms with van der Waals surface area (Å²) in [5, 5.41) is 0. The minimum atomic E-state index is -3.99. The van der Waals surface area contributed by atoms with Crippen molar-refractivity contribution in [1.82, 2.24) is 0 Å². The minimum absolute atomic E-state index is 0.00772. The van der Waals surface area contributed by atoms with Crippen LogP contribution in [0, 0.1) is 0 Å². The molecule has 0 N–H and O–H groups in total. The lowest BCUT2D eigenvalue weighted by Gasteiger charge is -2.19. The van der Waals surface area contributed by atoms with E-state index in [1.54, 1.807) is 24.3 Å². The second kappa shape index (κ2) is 7.08. The van der Waals surface area contributed by atoms with E-state index in [1.165, 1.54) is 7.11 Å². The van der Waals surface area contributed by atoms with Crippen molar-refractivity contribution < 1.29 is 17.3 Å². The van der Waals surface area contributed by atoms with Crippen molar-refractivity contribution in [3.8, 4) is 11.5 Å². The monoisotopic (exact) mass is 362 g/mol. The molecule has 25 heavy (non-hydrogen) atoms. The molecule has 0 aliphatic rings. The molecule has 0 radical (unpaired) electrons. The minimum Gasteiger partial charge on any atom is -0.495 e. The zero-order valence-corrected chi connectivity index (χ0v) is 16.5. The predicted molar refractivity (Wildman–Crippen MR) is 100 cm³/mol. The van der Waals surface area contributed by atoms with Gasteiger partial charge in [-0.05, 0) is 46.7 Å². The lowest BCUT2D eigenvalue weighted by atomic mass is 9.87. The zero-order valence-electron chi connectivity index (χ0n) is 15.7. The Morgan fingerprint density at radius 1 is 0.960 bits per heavy atom. The normalized spacial score (nSPS) is 12.3. The maximum absolute atomic E-state index is 12.7. The third-order valence-corrected chi connectivity index (χ3v) is 5.32. The number of hydrogen-bond donors (Lipinski definition) is 0. The van der Waals surface area contributed by atoms with Crippen molar-refractivity contribution >= 4 is 10.1 Å². The Labute approximate surface area is 150 Å². The van der Waals surface area contributed by atoms with E-state index in [0.717, 1.165) is 11.1 Å². The summed E-state index contributed by atoms with van der Waals surface area (Å²) in [4.78, 5) is 0.0427. The van der Waals surface area contributed by atoms with Crippen LogP contribution in [-0.4, -0.2) is 15.5 Å². The Balaban J connectivity index is 2.37. The van der Waals surface area contributed by atoms with E-state index < -0.39 is 10.1 Å². The maximum Gasteiger partial charge on any atom is 0.342 e. The highest BCUT2D eigenvalue weighted by Gasteiger charge is 2.23. The Kier molecular flexibility index (Phi) is 5.47. The molecule has 2 aromatic carbocycles. The van der Waals surface area contributed by atoms with Crippen LogP contribution in [0.4, 0.5) is 0 Å². The van der Waals surface area contributed by atoms with Crippen LogP contribution in [0.25, 0.3) is 0 Å². The van der Waals surface area contributed by atoms with Gasteiger partial charge in [0.25, 0.3) is 0 Å². The first-order valence-electron chi connectivity index (χ1n) is 8.27. The van der Waals surface area contributed by atoms with Gasteiger partial charge in [0.1, 0.15) is 16.4 Å². The molecule has 0 saturated heterocycles. The fourth-order valence-electron chi connectivity index (χ4n) is 2.43. The van der Waals surface area contributed by atoms with Crippen molar-refractivity contribution in [1.29, 1.82) is 0 Å². The van der Waals surface area contributed by atoms with Crippen LogP contribution in [0.3, 0.4) is 0 Å². The van der Waals surface area contributed by atoms with Gasteiger partial charge >= 0.3 is 10.1 Å². The lowest BCUT2D eigenvalue weighted by molar-refractivity contribution is 0.397. The highest BCUT2D eigenvalue weighted by Crippen LogP contribution is 2.31. The Bertz CT molecular complexity index is 829. The van der Waals surface area contributed by atoms with Gasteiger partial charge in [0.05, 0.1) is 7.11 Å². The lowest BCUT2D eigenvalue weighted by Crippen LogP contribution is -2.13. The second-order valence-corrected chi connectivity index (χ2v) is 8.89. The molecule has 0 unspecified atom stereocenters. The third kappa shape index (κ3) is 4.54. The first kappa shape index (κ1) is 19.3. The molecular weight excluding hydrogens is 336 g/mol. The Hall–Kier alpha value is -2.01. The first-order valence-corrected chi connectivity index (χ1v) is 9.68. The molecule has 0 atom stereocenters. The predicted octanol–water partition coefficient (Wildman–Crippen LogP) is 4.88. The van der Waals surface area contributed by atoms with E-state index in [-0.39, 0.29) is 27.7 Å². The molecule has 0 aliphatic heterocycles. The zero-order chi connectivity index (χ0) is 18.8. The van der Waals surface area contributed by atoms with Crippen LogP contribution in [-0.2, 0) is 15.5 Å². The first-order chi connectivity index (χ1) is 11.5. The topological polar surface area (TPSA) is 52.6 Å². The Morgan fingerprint density at radius 2 is 1.56 bits per heavy atom. The van der Waals surface area contributed by atoms with E-state index in [0.29, 0.717) is 0 Å². The van der Waals surface area contributed by atoms with E-state index in [2.05, 4.69) is 20.8 Å². The van der Waals surface area contributed by atoms with Gasteiger partial charge < -0.3 is 8.92 Å². The molecule has 0 aromatic heterocycles. The average molecular weight is 362 g/mol. The molecule has 0 aliphatic carbocycles. The van der Waals surface area contributed by atoms with Gasteiger partial charge in [0.2, 0.25) is 0 Å². The summed E-state index contributed by atoms with van der Waals surface area (Å²) in [5.41, 5.74) is 2.01. The van der Waals surface area contributed by atoms with Gasteiger partial charge in [-0.2, -0.15) is 8.42 Å². The van der Waals surface area contributed by atoms with E-state index >= 15 is 0 Å². The van der Waals surface area contributed by atoms with Gasteiger partial charge in [-0.1, -0.05) is 52.8 Å². The molecule has 0 amide bonds. The van der Waals surface area contributed by atoms with Gasteiger partial charge in [0, 0.05) is 0 Å². The number of rotatable bonds is 5. The van der Waals surface area contributed by atoms with E-state index in [1.807, 2.05) is 32.0 Å². The molecule has 0 heterocycles. The summed E-state index contributed by atoms with van der Waals surface area (Å²) in [5.74, 6) is 0.756. The molecule has 4 nitrogen and oxygen atoms in total. The SMILES string of the molecule is COc1ccc(C(C)C)cc1S(=O)(=O)Oc1ccc(C(C)(C)C)cc1. The fraction of sp³-hybridized carbons (Fsp3) is 0.400. The number of methoxy groups -OCH3 is 1. The summed E-state index contributed by atoms with van der Waals surface area (Å²) in [6, 6.07) is 12.3. The van der Waals surface area contributed by atoms with Crippen molar-refractivity contribution in [3.63, 3.8) is 0 Å². The summed E-state index contributed by atoms with van der Waals surface area (Å²) in [7, 11) is -2.54. The summed E-state index contributed by atoms with van der Waals surface area (Å²) in [6.07, 6.45) is 0. The molecule has 5 heteroatoms. The van der Waals surface area contributed by atoms with Crippen molar-refractivity contribution in [2.45, 2.75) is 50.8 Å². The number of ether oxygens (including phenoxy) is 1. The van der Waals surface area contributed by atoms with Crippen LogP contribution in [0.2, 0.25) is 0 Å². The Morgan fingerprint density at radius 3 is 2.04 bits per heavy atom. The van der Waals surface area contributed by atoms with E-state index in [9.17, 15) is 8.42 Å². The highest BCUT2D eigenvalue weighted by molar-refractivity contribution is 7.87. The number of hydrogen-bond acceptors (Lipinski definition) is 4. The molecule has 2 aromatic rings. The largest absolute Gasteiger partial charge is 0.495 e. The van der Waals surface area contributed by atoms with Crippen molar-refractivity contribution in [3.05, 3.63) is 53.6 Å². The fourth-order valence-corrected chi connectivity index (χ4v) is 3.56. The molecule has 0 bridgehead atoms. The van der Waals surface area contributed by atoms with Crippen LogP contribution in [0.5, 0.6) is 11.5 Å². The van der Waals surface area contributed by atoms with E-state index in [4.69, 9.17) is 8.92 Å². The second-order valence-electron chi connectivity index (χ2n) is 7.38. The van der Waals surface area contributed by atoms with Crippen LogP contribution < -0.4 is 8.92 Å². The number of benzene rings is 2. The van der Waals surface area contributed by atoms with Crippen molar-refractivity contribution in [2.75, 3.05) is 7.11 Å². The molecule has 0 fully saturated rings. The summed E-state index contributed by atoms with van der Waals surface area (Å²) >= 11 is 0. The molecule has 2 rings (SSSR count). The molecular formula is C20H26O4S. The van der Waals surface area contributed by atoms with Gasteiger partial charge in [-0.3, -0.25) is 0 Å². The van der Waals surface area contributed by atoms with Crippen LogP contribution in [0.15, 0.2) is 47.4 Å². The van der Waals surface area contributed by atoms with Gasteiger partial charge in [-0.25, -0.2) is 0 Å². The molecule has 0 spiro atoms. The quantitative estimate of drug-likeness (QED) is 0.711.